The second kappa shape index (κ2) is 13.0. The fraction of sp³-hybridized carbons (Fsp3) is 0.791. The van der Waals surface area contributed by atoms with Gasteiger partial charge in [0.25, 0.3) is 0 Å². The van der Waals surface area contributed by atoms with E-state index in [9.17, 15) is 24.6 Å². The lowest BCUT2D eigenvalue weighted by Gasteiger charge is -2.69. The number of hydrogen-bond acceptors (Lipinski definition) is 5. The van der Waals surface area contributed by atoms with Crippen LogP contribution in [0.5, 0.6) is 5.75 Å². The molecule has 1 aromatic heterocycles. The SMILES string of the molecule is CNC(=O)CCc1c(O)cc(C23CCC(C(C)C)=C2C2CCC4C(C)(CCC5C(C)(C)C(OC(=O)CC(C)(C)C(=O)O)CCC54C)C2CC3)n1C. The van der Waals surface area contributed by atoms with Crippen molar-refractivity contribution in [2.24, 2.45) is 58.3 Å². The van der Waals surface area contributed by atoms with E-state index in [1.807, 2.05) is 6.07 Å². The Labute approximate surface area is 306 Å². The van der Waals surface area contributed by atoms with Crippen LogP contribution in [0.3, 0.4) is 0 Å². The standard InChI is InChI=1S/C43H66N2O6/c1-25(2)26-15-21-43(33-23-30(46)29(45(33)10)12-14-35(47)44-9)22-16-28-27(37(26)43)11-13-32-41(28,7)19-17-31-40(5,6)34(18-20-42(31,32)8)51-36(48)24-39(3,4)38(49)50/h23,25,27-28,31-32,34,46H,11-22,24H2,1-10H3,(H,44,47)(H,49,50). The molecule has 0 radical (unpaired) electrons. The van der Waals surface area contributed by atoms with Crippen LogP contribution in [0.25, 0.3) is 0 Å². The van der Waals surface area contributed by atoms with Crippen molar-refractivity contribution in [1.29, 1.82) is 0 Å². The average molecular weight is 707 g/mol. The molecule has 0 spiro atoms. The lowest BCUT2D eigenvalue weighted by molar-refractivity contribution is -0.213. The minimum absolute atomic E-state index is 0.00884. The Morgan fingerprint density at radius 3 is 2.31 bits per heavy atom. The van der Waals surface area contributed by atoms with Gasteiger partial charge in [0.15, 0.2) is 0 Å². The Hall–Kier alpha value is -2.77. The maximum Gasteiger partial charge on any atom is 0.309 e. The summed E-state index contributed by atoms with van der Waals surface area (Å²) in [5, 5.41) is 23.6. The fourth-order valence-electron chi connectivity index (χ4n) is 13.3. The van der Waals surface area contributed by atoms with Crippen molar-refractivity contribution in [1.82, 2.24) is 9.88 Å². The van der Waals surface area contributed by atoms with E-state index in [0.717, 1.165) is 44.2 Å². The number of esters is 1. The third-order valence-electron chi connectivity index (χ3n) is 15.9. The number of carbonyl (C=O) groups is 3. The molecule has 51 heavy (non-hydrogen) atoms. The highest BCUT2D eigenvalue weighted by molar-refractivity contribution is 5.81. The smallest absolute Gasteiger partial charge is 0.309 e. The summed E-state index contributed by atoms with van der Waals surface area (Å²) in [5.74, 6) is 1.60. The molecule has 8 heteroatoms. The van der Waals surface area contributed by atoms with Gasteiger partial charge in [0.05, 0.1) is 17.5 Å². The number of carbonyl (C=O) groups excluding carboxylic acids is 2. The van der Waals surface area contributed by atoms with Crippen LogP contribution >= 0.6 is 0 Å². The first-order valence-corrected chi connectivity index (χ1v) is 20.0. The van der Waals surface area contributed by atoms with E-state index in [-0.39, 0.29) is 40.1 Å². The van der Waals surface area contributed by atoms with Crippen LogP contribution < -0.4 is 5.32 Å². The van der Waals surface area contributed by atoms with E-state index in [2.05, 4.69) is 58.5 Å². The summed E-state index contributed by atoms with van der Waals surface area (Å²) < 4.78 is 8.41. The summed E-state index contributed by atoms with van der Waals surface area (Å²) in [6, 6.07) is 2.04. The number of amides is 1. The van der Waals surface area contributed by atoms with E-state index in [0.29, 0.717) is 48.2 Å². The predicted molar refractivity (Wildman–Crippen MR) is 199 cm³/mol. The number of nitrogens with one attached hydrogen (secondary N) is 1. The van der Waals surface area contributed by atoms with Crippen molar-refractivity contribution in [3.8, 4) is 5.75 Å². The summed E-state index contributed by atoms with van der Waals surface area (Å²) in [7, 11) is 3.76. The van der Waals surface area contributed by atoms with Crippen molar-refractivity contribution >= 4 is 17.8 Å². The number of fused-ring (bicyclic) bond motifs is 7. The monoisotopic (exact) mass is 706 g/mol. The Morgan fingerprint density at radius 2 is 1.67 bits per heavy atom. The maximum atomic E-state index is 13.1. The number of nitrogens with zero attached hydrogens (tertiary/aromatic N) is 1. The van der Waals surface area contributed by atoms with Crippen molar-refractivity contribution < 1.29 is 29.3 Å². The number of carboxylic acids is 1. The van der Waals surface area contributed by atoms with Crippen LogP contribution in [-0.4, -0.2) is 45.8 Å². The molecule has 4 saturated carbocycles. The van der Waals surface area contributed by atoms with Gasteiger partial charge in [-0.3, -0.25) is 14.4 Å². The lowest BCUT2D eigenvalue weighted by atomic mass is 9.36. The van der Waals surface area contributed by atoms with Crippen LogP contribution in [0.2, 0.25) is 0 Å². The molecule has 284 valence electrons. The van der Waals surface area contributed by atoms with Crippen molar-refractivity contribution in [3.05, 3.63) is 28.6 Å². The van der Waals surface area contributed by atoms with Gasteiger partial charge in [-0.2, -0.15) is 0 Å². The van der Waals surface area contributed by atoms with Crippen LogP contribution in [0.4, 0.5) is 0 Å². The molecule has 6 rings (SSSR count). The Balaban J connectivity index is 1.28. The van der Waals surface area contributed by atoms with Gasteiger partial charge in [-0.15, -0.1) is 0 Å². The van der Waals surface area contributed by atoms with Crippen molar-refractivity contribution in [2.75, 3.05) is 7.05 Å². The molecule has 4 fully saturated rings. The zero-order valence-corrected chi connectivity index (χ0v) is 33.2. The molecule has 3 N–H and O–H groups in total. The maximum absolute atomic E-state index is 13.1. The van der Waals surface area contributed by atoms with E-state index in [1.54, 1.807) is 32.0 Å². The Morgan fingerprint density at radius 1 is 0.980 bits per heavy atom. The molecule has 1 aromatic rings. The minimum atomic E-state index is -1.15. The zero-order valence-electron chi connectivity index (χ0n) is 33.2. The van der Waals surface area contributed by atoms with E-state index in [4.69, 9.17) is 4.74 Å². The van der Waals surface area contributed by atoms with Crippen LogP contribution in [0.1, 0.15) is 144 Å². The number of ether oxygens (including phenoxy) is 1. The van der Waals surface area contributed by atoms with Crippen molar-refractivity contribution in [3.63, 3.8) is 0 Å². The predicted octanol–water partition coefficient (Wildman–Crippen LogP) is 8.49. The number of rotatable bonds is 9. The van der Waals surface area contributed by atoms with E-state index >= 15 is 0 Å². The van der Waals surface area contributed by atoms with Crippen LogP contribution in [0, 0.1) is 51.2 Å². The largest absolute Gasteiger partial charge is 0.506 e. The van der Waals surface area contributed by atoms with Gasteiger partial charge in [-0.1, -0.05) is 52.7 Å². The summed E-state index contributed by atoms with van der Waals surface area (Å²) >= 11 is 0. The molecule has 0 aliphatic heterocycles. The highest BCUT2D eigenvalue weighted by Crippen LogP contribution is 2.73. The molecule has 1 amide bonds. The third kappa shape index (κ3) is 5.88. The quantitative estimate of drug-likeness (QED) is 0.175. The summed E-state index contributed by atoms with van der Waals surface area (Å²) in [6.07, 6.45) is 11.6. The number of allylic oxidation sites excluding steroid dienone is 2. The molecule has 8 nitrogen and oxygen atoms in total. The van der Waals surface area contributed by atoms with Gasteiger partial charge in [-0.05, 0) is 118 Å². The van der Waals surface area contributed by atoms with Gasteiger partial charge in [0.2, 0.25) is 5.91 Å². The molecule has 5 aliphatic rings. The second-order valence-electron chi connectivity index (χ2n) is 19.5. The number of aromatic hydroxyl groups is 1. The topological polar surface area (TPSA) is 118 Å². The molecule has 1 heterocycles. The minimum Gasteiger partial charge on any atom is -0.506 e. The fourth-order valence-corrected chi connectivity index (χ4v) is 13.3. The highest BCUT2D eigenvalue weighted by atomic mass is 16.5. The summed E-state index contributed by atoms with van der Waals surface area (Å²) in [5.41, 5.74) is 4.40. The van der Waals surface area contributed by atoms with Crippen LogP contribution in [-0.2, 0) is 38.0 Å². The van der Waals surface area contributed by atoms with Crippen molar-refractivity contribution in [2.45, 2.75) is 150 Å². The van der Waals surface area contributed by atoms with Gasteiger partial charge < -0.3 is 24.8 Å². The van der Waals surface area contributed by atoms with Gasteiger partial charge in [-0.25, -0.2) is 0 Å². The van der Waals surface area contributed by atoms with E-state index < -0.39 is 17.4 Å². The molecule has 5 aliphatic carbocycles. The molecule has 8 unspecified atom stereocenters. The lowest BCUT2D eigenvalue weighted by Crippen LogP contribution is -2.63. The summed E-state index contributed by atoms with van der Waals surface area (Å²) in [6.45, 7) is 17.7. The van der Waals surface area contributed by atoms with Gasteiger partial charge in [0.1, 0.15) is 11.9 Å². The normalized spacial score (nSPS) is 35.8. The molecule has 0 aromatic carbocycles. The molecule has 0 bridgehead atoms. The molecular weight excluding hydrogens is 640 g/mol. The van der Waals surface area contributed by atoms with E-state index in [1.165, 1.54) is 31.4 Å². The van der Waals surface area contributed by atoms with Crippen LogP contribution in [0.15, 0.2) is 17.2 Å². The second-order valence-corrected chi connectivity index (χ2v) is 19.5. The zero-order chi connectivity index (χ0) is 37.5. The molecule has 0 saturated heterocycles. The Kier molecular flexibility index (Phi) is 9.65. The molecule has 8 atom stereocenters. The first kappa shape index (κ1) is 38.0. The van der Waals surface area contributed by atoms with Gasteiger partial charge in [0, 0.05) is 49.5 Å². The number of aromatic nitrogens is 1. The first-order chi connectivity index (χ1) is 23.7. The summed E-state index contributed by atoms with van der Waals surface area (Å²) in [4.78, 5) is 36.9. The number of aliphatic carboxylic acids is 1. The Bertz CT molecular complexity index is 1600. The molecular formula is C43H66N2O6. The average Bonchev–Trinajstić information content (AvgIpc) is 3.58. The first-order valence-electron chi connectivity index (χ1n) is 20.0. The third-order valence-corrected chi connectivity index (χ3v) is 15.9. The number of carboxylic acid groups (broad SMARTS) is 1. The highest BCUT2D eigenvalue weighted by Gasteiger charge is 2.66. The number of hydrogen-bond donors (Lipinski definition) is 3. The van der Waals surface area contributed by atoms with Gasteiger partial charge >= 0.3 is 11.9 Å².